The summed E-state index contributed by atoms with van der Waals surface area (Å²) in [6.45, 7) is 4.26. The number of aromatic hydroxyl groups is 1. The van der Waals surface area contributed by atoms with E-state index in [2.05, 4.69) is 23.8 Å². The summed E-state index contributed by atoms with van der Waals surface area (Å²) in [6, 6.07) is 11.1. The minimum Gasteiger partial charge on any atom is -0.504 e. The van der Waals surface area contributed by atoms with Crippen LogP contribution in [0.3, 0.4) is 0 Å². The summed E-state index contributed by atoms with van der Waals surface area (Å²) in [4.78, 5) is 29.9. The highest BCUT2D eigenvalue weighted by Crippen LogP contribution is 2.66. The first-order valence-corrected chi connectivity index (χ1v) is 13.0. The third-order valence-corrected chi connectivity index (χ3v) is 9.13. The number of hydrogen-bond acceptors (Lipinski definition) is 6. The van der Waals surface area contributed by atoms with Crippen LogP contribution in [0.5, 0.6) is 11.5 Å². The van der Waals surface area contributed by atoms with E-state index in [0.717, 1.165) is 28.8 Å². The largest absolute Gasteiger partial charge is 0.504 e. The summed E-state index contributed by atoms with van der Waals surface area (Å²) >= 11 is 0. The molecule has 2 fully saturated rings. The molecule has 0 aromatic heterocycles. The van der Waals surface area contributed by atoms with Crippen molar-refractivity contribution in [3.8, 4) is 23.3 Å². The number of esters is 1. The number of carbonyl (C=O) groups excluding carboxylic acids is 2. The Labute approximate surface area is 217 Å². The quantitative estimate of drug-likeness (QED) is 0.505. The Bertz CT molecular complexity index is 1380. The van der Waals surface area contributed by atoms with E-state index < -0.39 is 17.1 Å². The van der Waals surface area contributed by atoms with Gasteiger partial charge in [-0.25, -0.2) is 0 Å². The van der Waals surface area contributed by atoms with Crippen molar-refractivity contribution in [3.63, 3.8) is 0 Å². The Morgan fingerprint density at radius 2 is 2.05 bits per heavy atom. The molecule has 7 heteroatoms. The Balaban J connectivity index is 1.44. The lowest BCUT2D eigenvalue weighted by molar-refractivity contribution is -0.220. The molecule has 192 valence electrons. The third-order valence-electron chi connectivity index (χ3n) is 9.13. The summed E-state index contributed by atoms with van der Waals surface area (Å²) in [5.41, 5.74) is 2.50. The van der Waals surface area contributed by atoms with Gasteiger partial charge in [-0.1, -0.05) is 24.1 Å². The van der Waals surface area contributed by atoms with Gasteiger partial charge in [0, 0.05) is 31.0 Å². The molecule has 6 rings (SSSR count). The summed E-state index contributed by atoms with van der Waals surface area (Å²) < 4.78 is 13.0. The number of phenolic OH excluding ortho intramolecular Hbond substituents is 1. The summed E-state index contributed by atoms with van der Waals surface area (Å²) in [6.07, 6.45) is 2.15. The van der Waals surface area contributed by atoms with Crippen molar-refractivity contribution in [1.82, 2.24) is 9.80 Å². The van der Waals surface area contributed by atoms with E-state index in [1.54, 1.807) is 18.0 Å². The number of likely N-dealkylation sites (N-methyl/N-ethyl adjacent to an activating group) is 2. The fraction of sp³-hybridized carbons (Fsp3) is 0.467. The van der Waals surface area contributed by atoms with Gasteiger partial charge in [0.2, 0.25) is 0 Å². The molecule has 1 N–H and O–H groups in total. The van der Waals surface area contributed by atoms with Crippen molar-refractivity contribution in [3.05, 3.63) is 58.7 Å². The molecule has 7 nitrogen and oxygen atoms in total. The molecule has 2 aromatic rings. The maximum Gasteiger partial charge on any atom is 0.303 e. The van der Waals surface area contributed by atoms with E-state index in [1.165, 1.54) is 6.92 Å². The van der Waals surface area contributed by atoms with Crippen LogP contribution in [0, 0.1) is 18.8 Å². The number of phenols is 1. The fourth-order valence-corrected chi connectivity index (χ4v) is 7.64. The van der Waals surface area contributed by atoms with Gasteiger partial charge in [0.05, 0.1) is 17.5 Å². The van der Waals surface area contributed by atoms with Crippen molar-refractivity contribution in [2.75, 3.05) is 20.6 Å². The van der Waals surface area contributed by atoms with Crippen LogP contribution in [-0.4, -0.2) is 71.2 Å². The SMILES string of the molecule is CC(=O)O[C@@]12CC[C@@H](N(C)C(=O)C#Cc3cccc(C)c3)[C@@H]3Oc4c(O)ccc5c4[C@@]31CCN(C)[C@@H]2C5. The highest BCUT2D eigenvalue weighted by atomic mass is 16.6. The molecule has 4 aliphatic rings. The number of hydrogen-bond donors (Lipinski definition) is 1. The molecule has 0 radical (unpaired) electrons. The van der Waals surface area contributed by atoms with E-state index >= 15 is 0 Å². The van der Waals surface area contributed by atoms with E-state index in [4.69, 9.17) is 9.47 Å². The second kappa shape index (κ2) is 8.26. The first-order chi connectivity index (χ1) is 17.7. The van der Waals surface area contributed by atoms with Gasteiger partial charge in [-0.3, -0.25) is 14.5 Å². The first-order valence-electron chi connectivity index (χ1n) is 13.0. The molecule has 2 aliphatic carbocycles. The van der Waals surface area contributed by atoms with Gasteiger partial charge < -0.3 is 19.5 Å². The predicted molar refractivity (Wildman–Crippen MR) is 137 cm³/mol. The fourth-order valence-electron chi connectivity index (χ4n) is 7.64. The molecule has 1 saturated heterocycles. The Morgan fingerprint density at radius 1 is 1.24 bits per heavy atom. The number of benzene rings is 2. The topological polar surface area (TPSA) is 79.3 Å². The number of aryl methyl sites for hydroxylation is 1. The maximum atomic E-state index is 13.3. The van der Waals surface area contributed by atoms with Gasteiger partial charge in [0.25, 0.3) is 5.91 Å². The molecular weight excluding hydrogens is 468 g/mol. The zero-order chi connectivity index (χ0) is 26.1. The molecule has 0 unspecified atom stereocenters. The number of piperidine rings is 1. The molecule has 2 aliphatic heterocycles. The first kappa shape index (κ1) is 23.9. The second-order valence-corrected chi connectivity index (χ2v) is 11.0. The Morgan fingerprint density at radius 3 is 2.81 bits per heavy atom. The zero-order valence-electron chi connectivity index (χ0n) is 21.7. The van der Waals surface area contributed by atoms with Gasteiger partial charge in [-0.15, -0.1) is 0 Å². The Hall–Kier alpha value is -3.50. The minimum absolute atomic E-state index is 0.0117. The number of amides is 1. The molecular formula is C30H32N2O5. The smallest absolute Gasteiger partial charge is 0.303 e. The zero-order valence-corrected chi connectivity index (χ0v) is 21.7. The van der Waals surface area contributed by atoms with Crippen LogP contribution < -0.4 is 4.74 Å². The lowest BCUT2D eigenvalue weighted by Crippen LogP contribution is -2.78. The maximum absolute atomic E-state index is 13.3. The number of ether oxygens (including phenoxy) is 2. The lowest BCUT2D eigenvalue weighted by atomic mass is 9.48. The van der Waals surface area contributed by atoms with Gasteiger partial charge >= 0.3 is 5.97 Å². The van der Waals surface area contributed by atoms with E-state index in [1.807, 2.05) is 37.3 Å². The predicted octanol–water partition coefficient (Wildman–Crippen LogP) is 2.93. The lowest BCUT2D eigenvalue weighted by Gasteiger charge is -2.65. The molecule has 37 heavy (non-hydrogen) atoms. The molecule has 1 saturated carbocycles. The summed E-state index contributed by atoms with van der Waals surface area (Å²) in [7, 11) is 3.86. The average molecular weight is 501 g/mol. The van der Waals surface area contributed by atoms with Crippen LogP contribution in [0.4, 0.5) is 0 Å². The normalized spacial score (nSPS) is 30.9. The van der Waals surface area contributed by atoms with Crippen molar-refractivity contribution < 1.29 is 24.2 Å². The van der Waals surface area contributed by atoms with Crippen LogP contribution >= 0.6 is 0 Å². The van der Waals surface area contributed by atoms with Crippen LogP contribution in [0.15, 0.2) is 36.4 Å². The molecule has 1 spiro atoms. The number of nitrogens with zero attached hydrogens (tertiary/aromatic N) is 2. The van der Waals surface area contributed by atoms with Crippen LogP contribution in [0.25, 0.3) is 0 Å². The number of carbonyl (C=O) groups is 2. The van der Waals surface area contributed by atoms with Gasteiger partial charge in [-0.05, 0) is 75.5 Å². The summed E-state index contributed by atoms with van der Waals surface area (Å²) in [5, 5.41) is 10.8. The molecule has 2 aromatic carbocycles. The van der Waals surface area contributed by atoms with Crippen LogP contribution in [0.2, 0.25) is 0 Å². The van der Waals surface area contributed by atoms with Crippen LogP contribution in [-0.2, 0) is 26.2 Å². The summed E-state index contributed by atoms with van der Waals surface area (Å²) in [5.74, 6) is 5.77. The average Bonchev–Trinajstić information content (AvgIpc) is 3.21. The second-order valence-electron chi connectivity index (χ2n) is 11.0. The standard InChI is InChI=1S/C30H32N2O5/c1-18-6-5-7-20(16-18)8-11-25(35)32(4)22-12-13-30(37-19(2)33)24-17-21-9-10-23(34)27-26(21)29(30,28(22)36-27)14-15-31(24)3/h5-7,9-10,16,22,24,28,34H,12-15,17H2,1-4H3/t22-,24-,28+,29+,30-/m1/s1. The number of rotatable bonds is 2. The van der Waals surface area contributed by atoms with E-state index in [0.29, 0.717) is 31.4 Å². The molecule has 2 bridgehead atoms. The van der Waals surface area contributed by atoms with Gasteiger partial charge in [0.1, 0.15) is 11.7 Å². The van der Waals surface area contributed by atoms with Crippen molar-refractivity contribution in [2.45, 2.75) is 68.7 Å². The third kappa shape index (κ3) is 3.25. The molecule has 2 heterocycles. The number of likely N-dealkylation sites (tertiary alicyclic amines) is 1. The van der Waals surface area contributed by atoms with E-state index in [9.17, 15) is 14.7 Å². The minimum atomic E-state index is -0.795. The Kier molecular flexibility index (Phi) is 5.33. The molecule has 1 amide bonds. The van der Waals surface area contributed by atoms with Gasteiger partial charge in [0.15, 0.2) is 11.5 Å². The highest BCUT2D eigenvalue weighted by Gasteiger charge is 2.75. The van der Waals surface area contributed by atoms with Crippen molar-refractivity contribution in [2.24, 2.45) is 0 Å². The van der Waals surface area contributed by atoms with Crippen molar-refractivity contribution >= 4 is 11.9 Å². The monoisotopic (exact) mass is 500 g/mol. The van der Waals surface area contributed by atoms with E-state index in [-0.39, 0.29) is 29.7 Å². The van der Waals surface area contributed by atoms with Crippen LogP contribution in [0.1, 0.15) is 48.4 Å². The highest BCUT2D eigenvalue weighted by molar-refractivity contribution is 5.94. The van der Waals surface area contributed by atoms with Crippen molar-refractivity contribution in [1.29, 1.82) is 0 Å². The molecule has 5 atom stereocenters. The van der Waals surface area contributed by atoms with Gasteiger partial charge in [-0.2, -0.15) is 0 Å².